The number of rotatable bonds is 3. The monoisotopic (exact) mass is 339 g/mol. The predicted molar refractivity (Wildman–Crippen MR) is 91.2 cm³/mol. The van der Waals surface area contributed by atoms with Gasteiger partial charge < -0.3 is 9.42 Å². The lowest BCUT2D eigenvalue weighted by Crippen LogP contribution is -2.28. The Hall–Kier alpha value is -2.47. The van der Waals surface area contributed by atoms with Crippen LogP contribution >= 0.6 is 11.3 Å². The molecule has 1 amide bonds. The lowest BCUT2D eigenvalue weighted by atomic mass is 9.89. The van der Waals surface area contributed by atoms with Crippen LogP contribution in [-0.4, -0.2) is 34.0 Å². The Balaban J connectivity index is 1.66. The number of amides is 1. The number of thiophene rings is 1. The summed E-state index contributed by atoms with van der Waals surface area (Å²) in [4.78, 5) is 19.8. The van der Waals surface area contributed by atoms with E-state index in [0.29, 0.717) is 24.8 Å². The minimum absolute atomic E-state index is 0.0255. The van der Waals surface area contributed by atoms with E-state index in [4.69, 9.17) is 4.52 Å². The molecule has 0 unspecified atom stereocenters. The molecule has 0 saturated carbocycles. The van der Waals surface area contributed by atoms with Crippen LogP contribution in [0.3, 0.4) is 0 Å². The molecule has 1 aromatic carbocycles. The van der Waals surface area contributed by atoms with Crippen molar-refractivity contribution in [2.75, 3.05) is 13.1 Å². The second kappa shape index (κ2) is 6.20. The van der Waals surface area contributed by atoms with E-state index in [1.54, 1.807) is 0 Å². The van der Waals surface area contributed by atoms with E-state index >= 15 is 0 Å². The van der Waals surface area contributed by atoms with Crippen LogP contribution in [0.2, 0.25) is 0 Å². The summed E-state index contributed by atoms with van der Waals surface area (Å²) in [6.45, 7) is 3.07. The van der Waals surface area contributed by atoms with Crippen LogP contribution in [0.25, 0.3) is 0 Å². The third kappa shape index (κ3) is 2.73. The average Bonchev–Trinajstić information content (AvgIpc) is 3.35. The van der Waals surface area contributed by atoms with E-state index in [2.05, 4.69) is 22.3 Å². The van der Waals surface area contributed by atoms with Gasteiger partial charge in [-0.05, 0) is 23.9 Å². The molecule has 3 aromatic rings. The van der Waals surface area contributed by atoms with Crippen molar-refractivity contribution in [3.05, 3.63) is 70.0 Å². The highest BCUT2D eigenvalue weighted by Crippen LogP contribution is 2.39. The number of carbonyl (C=O) groups is 1. The molecule has 4 rings (SSSR count). The van der Waals surface area contributed by atoms with Gasteiger partial charge in [-0.25, -0.2) is 0 Å². The summed E-state index contributed by atoms with van der Waals surface area (Å²) in [5, 5.41) is 5.85. The highest BCUT2D eigenvalue weighted by atomic mass is 32.1. The topological polar surface area (TPSA) is 59.2 Å². The molecule has 122 valence electrons. The van der Waals surface area contributed by atoms with Gasteiger partial charge in [0.2, 0.25) is 5.89 Å². The molecule has 2 aromatic heterocycles. The van der Waals surface area contributed by atoms with Crippen LogP contribution in [0.1, 0.15) is 38.8 Å². The van der Waals surface area contributed by atoms with Crippen molar-refractivity contribution in [1.82, 2.24) is 15.0 Å². The quantitative estimate of drug-likeness (QED) is 0.733. The van der Waals surface area contributed by atoms with Crippen molar-refractivity contribution in [1.29, 1.82) is 0 Å². The third-order valence-corrected chi connectivity index (χ3v) is 5.29. The number of aromatic nitrogens is 2. The Morgan fingerprint density at radius 1 is 1.17 bits per heavy atom. The number of hydrogen-bond acceptors (Lipinski definition) is 5. The third-order valence-electron chi connectivity index (χ3n) is 4.43. The van der Waals surface area contributed by atoms with Gasteiger partial charge in [0.1, 0.15) is 0 Å². The molecule has 6 heteroatoms. The average molecular weight is 339 g/mol. The maximum absolute atomic E-state index is 12.7. The van der Waals surface area contributed by atoms with Crippen molar-refractivity contribution < 1.29 is 9.32 Å². The number of nitrogens with zero attached hydrogens (tertiary/aromatic N) is 3. The van der Waals surface area contributed by atoms with Crippen molar-refractivity contribution in [2.24, 2.45) is 0 Å². The summed E-state index contributed by atoms with van der Waals surface area (Å²) < 4.78 is 5.42. The zero-order valence-corrected chi connectivity index (χ0v) is 14.1. The summed E-state index contributed by atoms with van der Waals surface area (Å²) in [6, 6.07) is 14.0. The molecule has 0 spiro atoms. The molecular weight excluding hydrogens is 322 g/mol. The van der Waals surface area contributed by atoms with E-state index < -0.39 is 0 Å². The molecule has 0 bridgehead atoms. The van der Waals surface area contributed by atoms with Crippen molar-refractivity contribution in [2.45, 2.75) is 18.8 Å². The first-order valence-corrected chi connectivity index (χ1v) is 8.78. The molecular formula is C18H17N3O2S. The summed E-state index contributed by atoms with van der Waals surface area (Å²) in [5.41, 5.74) is 1.19. The van der Waals surface area contributed by atoms with Gasteiger partial charge in [0.15, 0.2) is 5.82 Å². The fourth-order valence-electron chi connectivity index (χ4n) is 3.28. The largest absolute Gasteiger partial charge is 0.339 e. The Morgan fingerprint density at radius 2 is 1.96 bits per heavy atom. The zero-order chi connectivity index (χ0) is 16.5. The summed E-state index contributed by atoms with van der Waals surface area (Å²) in [6.07, 6.45) is 0. The van der Waals surface area contributed by atoms with Gasteiger partial charge in [-0.2, -0.15) is 4.98 Å². The summed E-state index contributed by atoms with van der Waals surface area (Å²) >= 11 is 1.47. The lowest BCUT2D eigenvalue weighted by molar-refractivity contribution is 0.0793. The van der Waals surface area contributed by atoms with Gasteiger partial charge in [-0.1, -0.05) is 41.6 Å². The Labute approximate surface area is 143 Å². The number of hydrogen-bond donors (Lipinski definition) is 0. The Bertz CT molecular complexity index is 829. The van der Waals surface area contributed by atoms with Crippen molar-refractivity contribution >= 4 is 17.2 Å². The van der Waals surface area contributed by atoms with Crippen LogP contribution in [0.4, 0.5) is 0 Å². The normalized spacial score (nSPS) is 20.5. The minimum Gasteiger partial charge on any atom is -0.339 e. The highest BCUT2D eigenvalue weighted by molar-refractivity contribution is 7.12. The molecule has 1 saturated heterocycles. The molecule has 5 nitrogen and oxygen atoms in total. The minimum atomic E-state index is 0.0255. The fourth-order valence-corrected chi connectivity index (χ4v) is 3.97. The molecule has 0 aliphatic carbocycles. The Morgan fingerprint density at radius 3 is 2.62 bits per heavy atom. The van der Waals surface area contributed by atoms with Crippen LogP contribution in [0, 0.1) is 6.92 Å². The van der Waals surface area contributed by atoms with Crippen LogP contribution in [-0.2, 0) is 0 Å². The second-order valence-corrected chi connectivity index (χ2v) is 6.94. The van der Waals surface area contributed by atoms with Gasteiger partial charge in [-0.15, -0.1) is 11.3 Å². The standard InChI is InChI=1S/C18H17N3O2S/c1-12-19-17(23-20-12)15-11-21(18(22)16-8-5-9-24-16)10-14(15)13-6-3-2-4-7-13/h2-9,14-15H,10-11H2,1H3/t14-,15+/m0/s1. The molecule has 0 radical (unpaired) electrons. The Kier molecular flexibility index (Phi) is 3.90. The van der Waals surface area contributed by atoms with E-state index in [0.717, 1.165) is 4.88 Å². The maximum Gasteiger partial charge on any atom is 0.263 e. The second-order valence-electron chi connectivity index (χ2n) is 5.99. The summed E-state index contributed by atoms with van der Waals surface area (Å²) in [5.74, 6) is 1.50. The van der Waals surface area contributed by atoms with Crippen LogP contribution in [0.15, 0.2) is 52.4 Å². The maximum atomic E-state index is 12.7. The molecule has 0 N–H and O–H groups in total. The molecule has 24 heavy (non-hydrogen) atoms. The van der Waals surface area contributed by atoms with Gasteiger partial charge >= 0.3 is 0 Å². The van der Waals surface area contributed by atoms with E-state index in [9.17, 15) is 4.79 Å². The first-order chi connectivity index (χ1) is 11.7. The highest BCUT2D eigenvalue weighted by Gasteiger charge is 2.40. The smallest absolute Gasteiger partial charge is 0.263 e. The SMILES string of the molecule is Cc1noc([C@@H]2CN(C(=O)c3cccs3)C[C@H]2c2ccccc2)n1. The molecule has 2 atom stereocenters. The molecule has 3 heterocycles. The number of benzene rings is 1. The van der Waals surface area contributed by atoms with E-state index in [-0.39, 0.29) is 17.7 Å². The first-order valence-electron chi connectivity index (χ1n) is 7.90. The molecule has 1 fully saturated rings. The lowest BCUT2D eigenvalue weighted by Gasteiger charge is -2.15. The number of aryl methyl sites for hydroxylation is 1. The zero-order valence-electron chi connectivity index (χ0n) is 13.3. The fraction of sp³-hybridized carbons (Fsp3) is 0.278. The van der Waals surface area contributed by atoms with E-state index in [1.165, 1.54) is 16.9 Å². The summed E-state index contributed by atoms with van der Waals surface area (Å²) in [7, 11) is 0. The van der Waals surface area contributed by atoms with Gasteiger partial charge in [0, 0.05) is 19.0 Å². The van der Waals surface area contributed by atoms with Crippen LogP contribution < -0.4 is 0 Å². The van der Waals surface area contributed by atoms with E-state index in [1.807, 2.05) is 47.5 Å². The van der Waals surface area contributed by atoms with Gasteiger partial charge in [-0.3, -0.25) is 4.79 Å². The predicted octanol–water partition coefficient (Wildman–Crippen LogP) is 3.46. The van der Waals surface area contributed by atoms with Crippen molar-refractivity contribution in [3.8, 4) is 0 Å². The van der Waals surface area contributed by atoms with Crippen molar-refractivity contribution in [3.63, 3.8) is 0 Å². The molecule has 1 aliphatic heterocycles. The number of likely N-dealkylation sites (tertiary alicyclic amines) is 1. The number of carbonyl (C=O) groups excluding carboxylic acids is 1. The van der Waals surface area contributed by atoms with Gasteiger partial charge in [0.25, 0.3) is 5.91 Å². The van der Waals surface area contributed by atoms with Crippen LogP contribution in [0.5, 0.6) is 0 Å². The molecule has 1 aliphatic rings. The van der Waals surface area contributed by atoms with Gasteiger partial charge in [0.05, 0.1) is 10.8 Å². The first kappa shape index (κ1) is 15.1.